The minimum absolute atomic E-state index is 0.0113. The molecule has 0 spiro atoms. The van der Waals surface area contributed by atoms with Crippen molar-refractivity contribution >= 4 is 23.2 Å². The van der Waals surface area contributed by atoms with Gasteiger partial charge in [0, 0.05) is 61.1 Å². The summed E-state index contributed by atoms with van der Waals surface area (Å²) in [6.07, 6.45) is 0.990. The lowest BCUT2D eigenvalue weighted by atomic mass is 10.1. The van der Waals surface area contributed by atoms with Crippen LogP contribution in [0.5, 0.6) is 0 Å². The van der Waals surface area contributed by atoms with Crippen molar-refractivity contribution in [1.82, 2.24) is 19.7 Å². The maximum atomic E-state index is 12.9. The van der Waals surface area contributed by atoms with Crippen LogP contribution in [0.25, 0.3) is 0 Å². The van der Waals surface area contributed by atoms with Crippen LogP contribution in [0, 0.1) is 13.8 Å². The van der Waals surface area contributed by atoms with E-state index in [-0.39, 0.29) is 11.8 Å². The van der Waals surface area contributed by atoms with Gasteiger partial charge < -0.3 is 14.8 Å². The summed E-state index contributed by atoms with van der Waals surface area (Å²) in [7, 11) is 0. The van der Waals surface area contributed by atoms with Gasteiger partial charge in [-0.15, -0.1) is 11.3 Å². The number of Topliss-reactive ketones (excluding diaryl/α,β-unsaturated/α-hetero) is 1. The number of nitrogens with zero attached hydrogens (tertiary/aromatic N) is 3. The summed E-state index contributed by atoms with van der Waals surface area (Å²) in [5, 5.41) is 4.94. The molecule has 6 nitrogen and oxygen atoms in total. The predicted molar refractivity (Wildman–Crippen MR) is 113 cm³/mol. The number of aromatic nitrogens is 1. The molecule has 1 fully saturated rings. The fourth-order valence-electron chi connectivity index (χ4n) is 3.76. The number of carbonyl (C=O) groups is 2. The summed E-state index contributed by atoms with van der Waals surface area (Å²) < 4.78 is 2.25. The van der Waals surface area contributed by atoms with Crippen molar-refractivity contribution in [1.29, 1.82) is 0 Å². The van der Waals surface area contributed by atoms with Crippen molar-refractivity contribution < 1.29 is 9.59 Å². The molecule has 1 aliphatic rings. The van der Waals surface area contributed by atoms with E-state index in [1.54, 1.807) is 11.3 Å². The number of ketones is 1. The number of nitrogens with one attached hydrogen (secondary N) is 1. The van der Waals surface area contributed by atoms with Crippen LogP contribution in [0.15, 0.2) is 23.6 Å². The smallest absolute Gasteiger partial charge is 0.317 e. The van der Waals surface area contributed by atoms with E-state index in [0.717, 1.165) is 43.0 Å². The maximum absolute atomic E-state index is 12.9. The van der Waals surface area contributed by atoms with Crippen LogP contribution in [0.2, 0.25) is 0 Å². The van der Waals surface area contributed by atoms with Crippen molar-refractivity contribution in [3.8, 4) is 0 Å². The van der Waals surface area contributed by atoms with Crippen molar-refractivity contribution in [2.45, 2.75) is 33.7 Å². The number of piperazine rings is 1. The Bertz CT molecular complexity index is 805. The highest BCUT2D eigenvalue weighted by atomic mass is 32.1. The molecule has 0 saturated carbocycles. The van der Waals surface area contributed by atoms with E-state index in [1.807, 2.05) is 24.8 Å². The van der Waals surface area contributed by atoms with Gasteiger partial charge in [-0.2, -0.15) is 0 Å². The third-order valence-electron chi connectivity index (χ3n) is 5.39. The largest absolute Gasteiger partial charge is 0.348 e. The highest BCUT2D eigenvalue weighted by Crippen LogP contribution is 2.19. The average Bonchev–Trinajstić information content (AvgIpc) is 3.29. The summed E-state index contributed by atoms with van der Waals surface area (Å²) in [5.41, 5.74) is 3.02. The maximum Gasteiger partial charge on any atom is 0.317 e. The number of hydrogen-bond donors (Lipinski definition) is 1. The summed E-state index contributed by atoms with van der Waals surface area (Å²) in [4.78, 5) is 30.1. The quantitative estimate of drug-likeness (QED) is 0.725. The van der Waals surface area contributed by atoms with Crippen LogP contribution in [-0.4, -0.2) is 65.4 Å². The van der Waals surface area contributed by atoms with Crippen LogP contribution in [0.1, 0.15) is 33.5 Å². The third kappa shape index (κ3) is 4.83. The molecule has 1 aliphatic heterocycles. The fraction of sp³-hybridized carbons (Fsp3) is 0.524. The first kappa shape index (κ1) is 20.6. The lowest BCUT2D eigenvalue weighted by molar-refractivity contribution is 0.0878. The number of carbonyl (C=O) groups excluding carboxylic acids is 2. The van der Waals surface area contributed by atoms with Gasteiger partial charge in [0.2, 0.25) is 0 Å². The Kier molecular flexibility index (Phi) is 6.91. The molecule has 28 heavy (non-hydrogen) atoms. The van der Waals surface area contributed by atoms with Crippen LogP contribution in [0.4, 0.5) is 4.79 Å². The normalized spacial score (nSPS) is 15.0. The van der Waals surface area contributed by atoms with Gasteiger partial charge >= 0.3 is 6.03 Å². The number of urea groups is 1. The fourth-order valence-corrected chi connectivity index (χ4v) is 4.46. The van der Waals surface area contributed by atoms with Crippen molar-refractivity contribution in [3.63, 3.8) is 0 Å². The molecule has 7 heteroatoms. The summed E-state index contributed by atoms with van der Waals surface area (Å²) in [6, 6.07) is 6.25. The molecule has 0 atom stereocenters. The summed E-state index contributed by atoms with van der Waals surface area (Å²) in [5.74, 6) is 0.168. The first-order valence-electron chi connectivity index (χ1n) is 9.97. The van der Waals surface area contributed by atoms with Crippen molar-refractivity contribution in [2.24, 2.45) is 0 Å². The van der Waals surface area contributed by atoms with E-state index in [2.05, 4.69) is 39.2 Å². The molecule has 0 unspecified atom stereocenters. The lowest BCUT2D eigenvalue weighted by Crippen LogP contribution is -2.52. The number of amides is 2. The number of rotatable bonds is 7. The second-order valence-electron chi connectivity index (χ2n) is 7.29. The van der Waals surface area contributed by atoms with E-state index in [9.17, 15) is 9.59 Å². The molecular weight excluding hydrogens is 372 g/mol. The SMILES string of the molecule is CCNC(=O)N1CCN(CC(=O)c2cc(C)n(CCc3cccs3)c2C)CC1. The molecule has 1 N–H and O–H groups in total. The van der Waals surface area contributed by atoms with Gasteiger partial charge in [0.25, 0.3) is 0 Å². The van der Waals surface area contributed by atoms with Gasteiger partial charge in [-0.1, -0.05) is 6.07 Å². The van der Waals surface area contributed by atoms with Crippen molar-refractivity contribution in [2.75, 3.05) is 39.3 Å². The summed E-state index contributed by atoms with van der Waals surface area (Å²) in [6.45, 7) is 10.8. The van der Waals surface area contributed by atoms with Gasteiger partial charge in [0.1, 0.15) is 0 Å². The molecule has 0 aromatic carbocycles. The van der Waals surface area contributed by atoms with Crippen LogP contribution in [0.3, 0.4) is 0 Å². The molecule has 1 saturated heterocycles. The van der Waals surface area contributed by atoms with Crippen LogP contribution >= 0.6 is 11.3 Å². The van der Waals surface area contributed by atoms with Gasteiger partial charge in [-0.05, 0) is 44.7 Å². The average molecular weight is 403 g/mol. The molecule has 0 bridgehead atoms. The van der Waals surface area contributed by atoms with Crippen molar-refractivity contribution in [3.05, 3.63) is 45.4 Å². The second-order valence-corrected chi connectivity index (χ2v) is 8.32. The molecule has 2 amide bonds. The Morgan fingerprint density at radius 1 is 1.18 bits per heavy atom. The lowest BCUT2D eigenvalue weighted by Gasteiger charge is -2.34. The zero-order chi connectivity index (χ0) is 20.1. The zero-order valence-electron chi connectivity index (χ0n) is 17.0. The van der Waals surface area contributed by atoms with E-state index in [1.165, 1.54) is 4.88 Å². The highest BCUT2D eigenvalue weighted by Gasteiger charge is 2.24. The van der Waals surface area contributed by atoms with Gasteiger partial charge in [-0.3, -0.25) is 9.69 Å². The molecule has 152 valence electrons. The Labute approximate surface area is 171 Å². The Balaban J connectivity index is 1.56. The van der Waals surface area contributed by atoms with Gasteiger partial charge in [0.15, 0.2) is 5.78 Å². The molecular formula is C21H30N4O2S. The van der Waals surface area contributed by atoms with Gasteiger partial charge in [0.05, 0.1) is 6.54 Å². The van der Waals surface area contributed by atoms with E-state index >= 15 is 0 Å². The number of aryl methyl sites for hydroxylation is 2. The molecule has 0 radical (unpaired) electrons. The highest BCUT2D eigenvalue weighted by molar-refractivity contribution is 7.09. The predicted octanol–water partition coefficient (Wildman–Crippen LogP) is 2.94. The van der Waals surface area contributed by atoms with Crippen LogP contribution in [-0.2, 0) is 13.0 Å². The standard InChI is InChI=1S/C21H30N4O2S/c1-4-22-21(27)24-11-9-23(10-12-24)15-20(26)19-14-16(2)25(17(19)3)8-7-18-6-5-13-28-18/h5-6,13-14H,4,7-12,15H2,1-3H3,(H,22,27). The monoisotopic (exact) mass is 402 g/mol. The van der Waals surface area contributed by atoms with E-state index < -0.39 is 0 Å². The number of hydrogen-bond acceptors (Lipinski definition) is 4. The minimum Gasteiger partial charge on any atom is -0.348 e. The molecule has 3 rings (SSSR count). The second kappa shape index (κ2) is 9.39. The topological polar surface area (TPSA) is 57.6 Å². The molecule has 3 heterocycles. The van der Waals surface area contributed by atoms with Crippen LogP contribution < -0.4 is 5.32 Å². The molecule has 0 aliphatic carbocycles. The third-order valence-corrected chi connectivity index (χ3v) is 6.33. The van der Waals surface area contributed by atoms with Gasteiger partial charge in [-0.25, -0.2) is 4.79 Å². The Hall–Kier alpha value is -2.12. The Morgan fingerprint density at radius 3 is 2.57 bits per heavy atom. The molecule has 2 aromatic heterocycles. The summed E-state index contributed by atoms with van der Waals surface area (Å²) >= 11 is 1.78. The number of thiophene rings is 1. The van der Waals surface area contributed by atoms with E-state index in [0.29, 0.717) is 26.2 Å². The first-order chi connectivity index (χ1) is 13.5. The first-order valence-corrected chi connectivity index (χ1v) is 10.8. The minimum atomic E-state index is -0.0113. The zero-order valence-corrected chi connectivity index (χ0v) is 17.8. The molecule has 2 aromatic rings. The van der Waals surface area contributed by atoms with E-state index in [4.69, 9.17) is 0 Å². The Morgan fingerprint density at radius 2 is 1.93 bits per heavy atom.